The van der Waals surface area contributed by atoms with Crippen LogP contribution < -0.4 is 14.8 Å². The first-order valence-electron chi connectivity index (χ1n) is 11.1. The fourth-order valence-electron chi connectivity index (χ4n) is 6.01. The second-order valence-electron chi connectivity index (χ2n) is 10.0. The molecule has 1 fully saturated rings. The standard InChI is InChI=1S/C25H22F3N3O3/c1-22(2)23(3)7-8-24(22,21(32)29-14-6-4-5-13(9-14)25(26,27)28)20-19(23)30-15-10-17-18(34-12-33-17)11-16(15)31-20/h4-6,9-11H,7-8,12H2,1-3H3,(H,29,32). The largest absolute Gasteiger partial charge is 0.454 e. The highest BCUT2D eigenvalue weighted by molar-refractivity contribution is 6.02. The molecule has 0 spiro atoms. The summed E-state index contributed by atoms with van der Waals surface area (Å²) in [4.78, 5) is 23.7. The number of hydrogen-bond acceptors (Lipinski definition) is 5. The molecule has 2 aromatic carbocycles. The minimum absolute atomic E-state index is 0.101. The summed E-state index contributed by atoms with van der Waals surface area (Å²) >= 11 is 0. The number of aromatic nitrogens is 2. The van der Waals surface area contributed by atoms with E-state index in [2.05, 4.69) is 12.2 Å². The van der Waals surface area contributed by atoms with Gasteiger partial charge in [0.2, 0.25) is 12.7 Å². The van der Waals surface area contributed by atoms with E-state index in [9.17, 15) is 18.0 Å². The van der Waals surface area contributed by atoms with Crippen LogP contribution in [0.15, 0.2) is 36.4 Å². The Balaban J connectivity index is 1.49. The van der Waals surface area contributed by atoms with Crippen LogP contribution >= 0.6 is 0 Å². The first-order valence-corrected chi connectivity index (χ1v) is 11.1. The molecule has 0 radical (unpaired) electrons. The molecule has 2 unspecified atom stereocenters. The minimum Gasteiger partial charge on any atom is -0.454 e. The van der Waals surface area contributed by atoms with Gasteiger partial charge in [-0.2, -0.15) is 13.2 Å². The van der Waals surface area contributed by atoms with Crippen LogP contribution in [-0.4, -0.2) is 22.7 Å². The molecular formula is C25H22F3N3O3. The maximum absolute atomic E-state index is 13.9. The third-order valence-corrected chi connectivity index (χ3v) is 8.37. The van der Waals surface area contributed by atoms with Crippen molar-refractivity contribution >= 4 is 22.6 Å². The van der Waals surface area contributed by atoms with Crippen molar-refractivity contribution < 1.29 is 27.4 Å². The lowest BCUT2D eigenvalue weighted by molar-refractivity contribution is -0.137. The number of rotatable bonds is 2. The molecule has 1 amide bonds. The van der Waals surface area contributed by atoms with E-state index in [0.29, 0.717) is 41.1 Å². The Labute approximate surface area is 193 Å². The summed E-state index contributed by atoms with van der Waals surface area (Å²) in [7, 11) is 0. The predicted octanol–water partition coefficient (Wildman–Crippen LogP) is 5.35. The van der Waals surface area contributed by atoms with Gasteiger partial charge in [0.15, 0.2) is 11.5 Å². The van der Waals surface area contributed by atoms with E-state index in [4.69, 9.17) is 19.4 Å². The van der Waals surface area contributed by atoms with Crippen molar-refractivity contribution in [2.45, 2.75) is 50.6 Å². The summed E-state index contributed by atoms with van der Waals surface area (Å²) < 4.78 is 50.6. The fourth-order valence-corrected chi connectivity index (χ4v) is 6.01. The Hall–Kier alpha value is -3.36. The number of carbonyl (C=O) groups is 1. The number of anilines is 1. The van der Waals surface area contributed by atoms with E-state index in [1.165, 1.54) is 12.1 Å². The van der Waals surface area contributed by atoms with E-state index < -0.39 is 28.0 Å². The average Bonchev–Trinajstić information content (AvgIpc) is 3.35. The van der Waals surface area contributed by atoms with Gasteiger partial charge < -0.3 is 14.8 Å². The molecule has 1 N–H and O–H groups in total. The van der Waals surface area contributed by atoms with Crippen LogP contribution in [0.4, 0.5) is 18.9 Å². The number of halogens is 3. The maximum atomic E-state index is 13.9. The van der Waals surface area contributed by atoms with Crippen molar-refractivity contribution in [3.8, 4) is 11.5 Å². The number of nitrogens with one attached hydrogen (secondary N) is 1. The Morgan fingerprint density at radius 3 is 2.26 bits per heavy atom. The van der Waals surface area contributed by atoms with Gasteiger partial charge in [-0.1, -0.05) is 26.8 Å². The third-order valence-electron chi connectivity index (χ3n) is 8.37. The molecule has 1 aromatic heterocycles. The number of ether oxygens (including phenoxy) is 2. The zero-order valence-corrected chi connectivity index (χ0v) is 18.8. The molecule has 2 bridgehead atoms. The molecule has 2 atom stereocenters. The second kappa shape index (κ2) is 6.40. The Morgan fingerprint density at radius 2 is 1.62 bits per heavy atom. The van der Waals surface area contributed by atoms with E-state index in [1.807, 2.05) is 13.8 Å². The second-order valence-corrected chi connectivity index (χ2v) is 10.0. The first kappa shape index (κ1) is 21.2. The summed E-state index contributed by atoms with van der Waals surface area (Å²) in [6.07, 6.45) is -3.26. The van der Waals surface area contributed by atoms with Crippen molar-refractivity contribution in [2.24, 2.45) is 5.41 Å². The molecule has 9 heteroatoms. The number of amides is 1. The first-order chi connectivity index (χ1) is 16.0. The number of fused-ring (bicyclic) bond motifs is 7. The van der Waals surface area contributed by atoms with Crippen molar-refractivity contribution in [3.63, 3.8) is 0 Å². The van der Waals surface area contributed by atoms with Gasteiger partial charge in [0, 0.05) is 23.2 Å². The van der Waals surface area contributed by atoms with Gasteiger partial charge in [-0.15, -0.1) is 0 Å². The summed E-state index contributed by atoms with van der Waals surface area (Å²) in [5, 5.41) is 2.77. The van der Waals surface area contributed by atoms with Crippen LogP contribution in [0.3, 0.4) is 0 Å². The third kappa shape index (κ3) is 2.50. The van der Waals surface area contributed by atoms with E-state index in [-0.39, 0.29) is 18.4 Å². The Bertz CT molecular complexity index is 1390. The molecule has 2 heterocycles. The molecule has 176 valence electrons. The van der Waals surface area contributed by atoms with Gasteiger partial charge in [-0.25, -0.2) is 9.97 Å². The number of nitrogens with zero attached hydrogens (tertiary/aromatic N) is 2. The summed E-state index contributed by atoms with van der Waals surface area (Å²) in [5.74, 6) is 0.804. The molecule has 0 saturated heterocycles. The van der Waals surface area contributed by atoms with Crippen LogP contribution in [0, 0.1) is 5.41 Å². The zero-order chi connectivity index (χ0) is 24.1. The predicted molar refractivity (Wildman–Crippen MR) is 118 cm³/mol. The average molecular weight is 469 g/mol. The highest BCUT2D eigenvalue weighted by Gasteiger charge is 2.73. The van der Waals surface area contributed by atoms with Crippen LogP contribution in [0.1, 0.15) is 50.6 Å². The lowest BCUT2D eigenvalue weighted by atomic mass is 9.63. The van der Waals surface area contributed by atoms with Crippen molar-refractivity contribution in [1.82, 2.24) is 9.97 Å². The maximum Gasteiger partial charge on any atom is 0.416 e. The number of benzene rings is 2. The van der Waals surface area contributed by atoms with Gasteiger partial charge in [-0.3, -0.25) is 4.79 Å². The van der Waals surface area contributed by atoms with Gasteiger partial charge in [0.25, 0.3) is 0 Å². The SMILES string of the molecule is CC12CCC(C(=O)Nc3cccc(C(F)(F)F)c3)(c3nc4cc5c(cc4nc31)OCO5)C2(C)C. The number of hydrogen-bond donors (Lipinski definition) is 1. The molecule has 34 heavy (non-hydrogen) atoms. The molecule has 6 nitrogen and oxygen atoms in total. The molecule has 3 aromatic rings. The topological polar surface area (TPSA) is 73.3 Å². The lowest BCUT2D eigenvalue weighted by Crippen LogP contribution is -2.48. The van der Waals surface area contributed by atoms with E-state index in [1.54, 1.807) is 12.1 Å². The summed E-state index contributed by atoms with van der Waals surface area (Å²) in [6.45, 7) is 6.25. The van der Waals surface area contributed by atoms with Crippen molar-refractivity contribution in [2.75, 3.05) is 12.1 Å². The van der Waals surface area contributed by atoms with Gasteiger partial charge in [0.05, 0.1) is 33.4 Å². The Morgan fingerprint density at radius 1 is 0.971 bits per heavy atom. The molecule has 1 aliphatic heterocycles. The molecule has 2 aliphatic carbocycles. The van der Waals surface area contributed by atoms with Gasteiger partial charge in [-0.05, 0) is 36.5 Å². The summed E-state index contributed by atoms with van der Waals surface area (Å²) in [6, 6.07) is 8.24. The smallest absolute Gasteiger partial charge is 0.416 e. The van der Waals surface area contributed by atoms with E-state index in [0.717, 1.165) is 17.8 Å². The normalized spacial score (nSPS) is 26.1. The molecule has 3 aliphatic rings. The van der Waals surface area contributed by atoms with Crippen LogP contribution in [0.25, 0.3) is 11.0 Å². The lowest BCUT2D eigenvalue weighted by Gasteiger charge is -2.39. The highest BCUT2D eigenvalue weighted by Crippen LogP contribution is 2.70. The molecular weight excluding hydrogens is 447 g/mol. The molecule has 6 rings (SSSR count). The van der Waals surface area contributed by atoms with Crippen LogP contribution in [0.2, 0.25) is 0 Å². The quantitative estimate of drug-likeness (QED) is 0.548. The van der Waals surface area contributed by atoms with Crippen LogP contribution in [0.5, 0.6) is 11.5 Å². The Kier molecular flexibility index (Phi) is 3.99. The van der Waals surface area contributed by atoms with Crippen LogP contribution in [-0.2, 0) is 21.8 Å². The number of alkyl halides is 3. The molecule has 1 saturated carbocycles. The summed E-state index contributed by atoms with van der Waals surface area (Å²) in [5.41, 5.74) is -0.162. The monoisotopic (exact) mass is 469 g/mol. The fraction of sp³-hybridized carbons (Fsp3) is 0.400. The number of carbonyl (C=O) groups excluding carboxylic acids is 1. The van der Waals surface area contributed by atoms with Gasteiger partial charge >= 0.3 is 6.18 Å². The van der Waals surface area contributed by atoms with Crippen molar-refractivity contribution in [1.29, 1.82) is 0 Å². The highest BCUT2D eigenvalue weighted by atomic mass is 19.4. The van der Waals surface area contributed by atoms with E-state index >= 15 is 0 Å². The minimum atomic E-state index is -4.50. The van der Waals surface area contributed by atoms with Gasteiger partial charge in [0.1, 0.15) is 0 Å². The zero-order valence-electron chi connectivity index (χ0n) is 18.8. The van der Waals surface area contributed by atoms with Crippen molar-refractivity contribution in [3.05, 3.63) is 53.3 Å².